The first-order valence-corrected chi connectivity index (χ1v) is 7.06. The third-order valence-electron chi connectivity index (χ3n) is 3.08. The Morgan fingerprint density at radius 2 is 1.47 bits per heavy atom. The van der Waals surface area contributed by atoms with Crippen LogP contribution in [0.3, 0.4) is 0 Å². The van der Waals surface area contributed by atoms with Crippen molar-refractivity contribution in [3.63, 3.8) is 0 Å². The highest BCUT2D eigenvalue weighted by molar-refractivity contribution is 5.66. The molecule has 0 rings (SSSR count). The van der Waals surface area contributed by atoms with Crippen molar-refractivity contribution in [3.05, 3.63) is 0 Å². The second kappa shape index (κ2) is 11.9. The number of hydrogen-bond acceptors (Lipinski definition) is 2. The van der Waals surface area contributed by atoms with Gasteiger partial charge in [-0.1, -0.05) is 58.3 Å². The van der Waals surface area contributed by atoms with E-state index in [0.29, 0.717) is 6.42 Å². The molecule has 0 radical (unpaired) electrons. The summed E-state index contributed by atoms with van der Waals surface area (Å²) in [6, 6.07) is 0. The number of unbranched alkanes of at least 4 members (excludes halogenated alkanes) is 7. The van der Waals surface area contributed by atoms with Gasteiger partial charge >= 0.3 is 5.97 Å². The Morgan fingerprint density at radius 3 is 2.00 bits per heavy atom. The summed E-state index contributed by atoms with van der Waals surface area (Å²) >= 11 is 0. The number of carboxylic acids is 1. The predicted molar refractivity (Wildman–Crippen MR) is 70.1 cm³/mol. The number of carboxylic acid groups (broad SMARTS) is 1. The first-order valence-electron chi connectivity index (χ1n) is 7.06. The maximum atomic E-state index is 10.3. The number of aliphatic carboxylic acids is 1. The van der Waals surface area contributed by atoms with E-state index in [1.165, 1.54) is 38.5 Å². The molecule has 0 aliphatic heterocycles. The van der Waals surface area contributed by atoms with E-state index >= 15 is 0 Å². The zero-order valence-electron chi connectivity index (χ0n) is 11.2. The van der Waals surface area contributed by atoms with Crippen molar-refractivity contribution in [2.24, 2.45) is 0 Å². The number of aliphatic hydroxyl groups excluding tert-OH is 1. The van der Waals surface area contributed by atoms with Gasteiger partial charge in [0.2, 0.25) is 0 Å². The van der Waals surface area contributed by atoms with Gasteiger partial charge in [-0.3, -0.25) is 4.79 Å². The van der Waals surface area contributed by atoms with Crippen LogP contribution in [0.2, 0.25) is 0 Å². The lowest BCUT2D eigenvalue weighted by molar-refractivity contribution is -0.137. The van der Waals surface area contributed by atoms with Gasteiger partial charge in [-0.05, 0) is 12.8 Å². The van der Waals surface area contributed by atoms with Crippen molar-refractivity contribution in [1.82, 2.24) is 0 Å². The Hall–Kier alpha value is -0.570. The summed E-state index contributed by atoms with van der Waals surface area (Å²) in [5.41, 5.74) is 0. The van der Waals surface area contributed by atoms with Gasteiger partial charge in [-0.15, -0.1) is 0 Å². The van der Waals surface area contributed by atoms with Crippen molar-refractivity contribution in [1.29, 1.82) is 0 Å². The van der Waals surface area contributed by atoms with Gasteiger partial charge in [0.1, 0.15) is 0 Å². The second-order valence-electron chi connectivity index (χ2n) is 4.85. The van der Waals surface area contributed by atoms with Gasteiger partial charge in [0.25, 0.3) is 0 Å². The average molecular weight is 244 g/mol. The zero-order chi connectivity index (χ0) is 12.9. The van der Waals surface area contributed by atoms with Crippen LogP contribution in [0.1, 0.15) is 77.6 Å². The van der Waals surface area contributed by atoms with Crippen LogP contribution < -0.4 is 0 Å². The van der Waals surface area contributed by atoms with Crippen LogP contribution in [0.25, 0.3) is 0 Å². The molecule has 3 nitrogen and oxygen atoms in total. The fourth-order valence-corrected chi connectivity index (χ4v) is 1.95. The molecule has 102 valence electrons. The molecule has 0 aromatic heterocycles. The molecule has 0 aromatic rings. The molecule has 3 heteroatoms. The minimum Gasteiger partial charge on any atom is -0.481 e. The third kappa shape index (κ3) is 13.4. The maximum Gasteiger partial charge on any atom is 0.303 e. The third-order valence-corrected chi connectivity index (χ3v) is 3.08. The molecule has 0 aliphatic carbocycles. The molecular weight excluding hydrogens is 216 g/mol. The number of hydrogen-bond donors (Lipinski definition) is 2. The molecule has 1 unspecified atom stereocenters. The largest absolute Gasteiger partial charge is 0.481 e. The Labute approximate surface area is 105 Å². The molecule has 0 aliphatic rings. The van der Waals surface area contributed by atoms with Gasteiger partial charge in [0.15, 0.2) is 0 Å². The van der Waals surface area contributed by atoms with Gasteiger partial charge in [-0.2, -0.15) is 0 Å². The van der Waals surface area contributed by atoms with Gasteiger partial charge in [0.05, 0.1) is 6.10 Å². The molecule has 2 N–H and O–H groups in total. The number of aliphatic hydroxyl groups is 1. The van der Waals surface area contributed by atoms with Crippen LogP contribution >= 0.6 is 0 Å². The van der Waals surface area contributed by atoms with E-state index in [4.69, 9.17) is 5.11 Å². The van der Waals surface area contributed by atoms with Gasteiger partial charge < -0.3 is 10.2 Å². The fourth-order valence-electron chi connectivity index (χ4n) is 1.95. The monoisotopic (exact) mass is 244 g/mol. The highest BCUT2D eigenvalue weighted by Gasteiger charge is 2.06. The number of carbonyl (C=O) groups is 1. The van der Waals surface area contributed by atoms with Crippen LogP contribution in [0.5, 0.6) is 0 Å². The number of rotatable bonds is 12. The topological polar surface area (TPSA) is 57.5 Å². The van der Waals surface area contributed by atoms with E-state index in [1.807, 2.05) is 0 Å². The first kappa shape index (κ1) is 16.4. The molecule has 0 amide bonds. The minimum atomic E-state index is -0.819. The van der Waals surface area contributed by atoms with E-state index < -0.39 is 12.1 Å². The van der Waals surface area contributed by atoms with Crippen molar-refractivity contribution in [3.8, 4) is 0 Å². The standard InChI is InChI=1S/C14H28O3/c1-2-3-4-5-6-7-8-9-10-13(15)11-12-14(16)17/h13,15H,2-12H2,1H3,(H,16,17). The summed E-state index contributed by atoms with van der Waals surface area (Å²) in [5, 5.41) is 18.0. The zero-order valence-corrected chi connectivity index (χ0v) is 11.2. The Balaban J connectivity index is 3.13. The summed E-state index contributed by atoms with van der Waals surface area (Å²) in [6.45, 7) is 2.22. The molecule has 0 heterocycles. The second-order valence-corrected chi connectivity index (χ2v) is 4.85. The van der Waals surface area contributed by atoms with Crippen LogP contribution in [-0.4, -0.2) is 22.3 Å². The van der Waals surface area contributed by atoms with Crippen molar-refractivity contribution in [2.45, 2.75) is 83.7 Å². The molecule has 0 saturated heterocycles. The van der Waals surface area contributed by atoms with E-state index in [0.717, 1.165) is 19.3 Å². The normalized spacial score (nSPS) is 12.6. The van der Waals surface area contributed by atoms with Crippen molar-refractivity contribution in [2.75, 3.05) is 0 Å². The highest BCUT2D eigenvalue weighted by Crippen LogP contribution is 2.12. The molecule has 0 fully saturated rings. The quantitative estimate of drug-likeness (QED) is 0.514. The lowest BCUT2D eigenvalue weighted by Gasteiger charge is -2.08. The summed E-state index contributed by atoms with van der Waals surface area (Å²) in [5.74, 6) is -0.819. The Morgan fingerprint density at radius 1 is 0.941 bits per heavy atom. The summed E-state index contributed by atoms with van der Waals surface area (Å²) < 4.78 is 0. The van der Waals surface area contributed by atoms with Crippen LogP contribution in [0.4, 0.5) is 0 Å². The van der Waals surface area contributed by atoms with E-state index in [-0.39, 0.29) is 6.42 Å². The first-order chi connectivity index (χ1) is 8.16. The minimum absolute atomic E-state index is 0.0815. The van der Waals surface area contributed by atoms with Gasteiger partial charge in [-0.25, -0.2) is 0 Å². The molecular formula is C14H28O3. The van der Waals surface area contributed by atoms with Crippen LogP contribution in [-0.2, 0) is 4.79 Å². The van der Waals surface area contributed by atoms with E-state index in [9.17, 15) is 9.90 Å². The lowest BCUT2D eigenvalue weighted by Crippen LogP contribution is -2.09. The lowest BCUT2D eigenvalue weighted by atomic mass is 10.0. The SMILES string of the molecule is CCCCCCCCCCC(O)CCC(=O)O. The summed E-state index contributed by atoms with van der Waals surface area (Å²) in [4.78, 5) is 10.3. The van der Waals surface area contributed by atoms with E-state index in [1.54, 1.807) is 0 Å². The maximum absolute atomic E-state index is 10.3. The average Bonchev–Trinajstić information content (AvgIpc) is 2.30. The molecule has 1 atom stereocenters. The van der Waals surface area contributed by atoms with Crippen molar-refractivity contribution < 1.29 is 15.0 Å². The molecule has 17 heavy (non-hydrogen) atoms. The molecule has 0 saturated carbocycles. The smallest absolute Gasteiger partial charge is 0.303 e. The molecule has 0 bridgehead atoms. The summed E-state index contributed by atoms with van der Waals surface area (Å²) in [6.07, 6.45) is 10.8. The van der Waals surface area contributed by atoms with E-state index in [2.05, 4.69) is 6.92 Å². The van der Waals surface area contributed by atoms with Crippen molar-refractivity contribution >= 4 is 5.97 Å². The summed E-state index contributed by atoms with van der Waals surface area (Å²) in [7, 11) is 0. The molecule has 0 spiro atoms. The molecule has 0 aromatic carbocycles. The Bertz CT molecular complexity index is 180. The van der Waals surface area contributed by atoms with Crippen LogP contribution in [0.15, 0.2) is 0 Å². The highest BCUT2D eigenvalue weighted by atomic mass is 16.4. The van der Waals surface area contributed by atoms with Crippen LogP contribution in [0, 0.1) is 0 Å². The predicted octanol–water partition coefficient (Wildman–Crippen LogP) is 3.74. The Kier molecular flexibility index (Phi) is 11.5. The fraction of sp³-hybridized carbons (Fsp3) is 0.929. The van der Waals surface area contributed by atoms with Gasteiger partial charge in [0, 0.05) is 6.42 Å².